The number of amides is 11. The number of ether oxygens (including phenoxy) is 1. The molecular weight excluding hydrogens is 1260 g/mol. The lowest BCUT2D eigenvalue weighted by molar-refractivity contribution is -0.158. The van der Waals surface area contributed by atoms with Gasteiger partial charge in [0.2, 0.25) is 65.0 Å². The average molecular weight is 1360 g/mol. The van der Waals surface area contributed by atoms with Gasteiger partial charge in [-0.2, -0.15) is 0 Å². The minimum Gasteiger partial charge on any atom is -0.453 e. The van der Waals surface area contributed by atoms with E-state index in [0.717, 1.165) is 6.92 Å². The summed E-state index contributed by atoms with van der Waals surface area (Å²) in [5.41, 5.74) is 28.9. The number of guanidine groups is 1. The minimum absolute atomic E-state index is 0.0247. The van der Waals surface area contributed by atoms with Gasteiger partial charge >= 0.3 is 5.97 Å². The predicted molar refractivity (Wildman–Crippen MR) is 350 cm³/mol. The lowest BCUT2D eigenvalue weighted by Crippen LogP contribution is -2.62. The van der Waals surface area contributed by atoms with Crippen LogP contribution in [-0.2, 0) is 68.7 Å². The highest BCUT2D eigenvalue weighted by molar-refractivity contribution is 6.76. The monoisotopic (exact) mass is 1360 g/mol. The lowest BCUT2D eigenvalue weighted by Gasteiger charge is -2.30. The second kappa shape index (κ2) is 39.9. The summed E-state index contributed by atoms with van der Waals surface area (Å²) in [7, 11) is -1.90. The van der Waals surface area contributed by atoms with Crippen molar-refractivity contribution in [3.63, 3.8) is 0 Å². The standard InChI is InChI=1S/C61H100N16O17Si/c1-12-32(6)43(75-54(87)38(21-17-23-68-61(65)66)70-55(88)39(24-30(2)3)71-52(85)33(7)47(81)31(4)5)58(91)76-44(34(8)79)57(90)69-27-42(80)74-45(48(82)51(64)84)59(92)73-41(28-78)60(93)94-49(36-19-14-13-15-20-36)46(50(63)83)77-56(89)40(25-35-18-16-22-67-26-35)72-53(86)37(62)29-95(9,10)11/h13-16,18-20,22,26,30-34,37-41,43-49,78-79,81-82H,12,17,21,23-25,27-29,62H2,1-11H3,(H2,63,83)(H2,64,84)(H,69,90)(H,70,88)(H,71,85)(H,72,86)(H,73,92)(H,74,80)(H,75,87)(H,76,91)(H,77,89)(H4,65,66,68)/t32-,33-,34-,37+,38+,39-,40-,41-,43-,44?,45-,46-,47+,48-,49+/m0/s1. The molecule has 2 aromatic rings. The third-order valence-electron chi connectivity index (χ3n) is 15.0. The number of carbonyl (C=O) groups excluding carboxylic acids is 12. The van der Waals surface area contributed by atoms with Crippen LogP contribution >= 0.6 is 0 Å². The molecule has 23 N–H and O–H groups in total. The van der Waals surface area contributed by atoms with Crippen LogP contribution in [0.15, 0.2) is 59.9 Å². The first kappa shape index (κ1) is 82.4. The second-order valence-electron chi connectivity index (χ2n) is 25.3. The van der Waals surface area contributed by atoms with E-state index in [1.807, 2.05) is 30.3 Å². The van der Waals surface area contributed by atoms with Crippen LogP contribution in [0.5, 0.6) is 0 Å². The third kappa shape index (κ3) is 28.4. The molecule has 2 rings (SSSR count). The molecule has 95 heavy (non-hydrogen) atoms. The number of primary amides is 2. The molecule has 0 spiro atoms. The molecule has 0 fully saturated rings. The van der Waals surface area contributed by atoms with Gasteiger partial charge in [-0.3, -0.25) is 62.7 Å². The van der Waals surface area contributed by atoms with Crippen molar-refractivity contribution in [3.8, 4) is 0 Å². The van der Waals surface area contributed by atoms with Crippen LogP contribution in [0, 0.1) is 23.7 Å². The van der Waals surface area contributed by atoms with Gasteiger partial charge in [0.1, 0.15) is 42.3 Å². The molecule has 0 aliphatic rings. The summed E-state index contributed by atoms with van der Waals surface area (Å²) in [6.07, 6.45) is -3.95. The van der Waals surface area contributed by atoms with Gasteiger partial charge in [0.25, 0.3) is 0 Å². The molecule has 1 heterocycles. The number of pyridine rings is 1. The number of hydrogen-bond donors (Lipinski definition) is 18. The largest absolute Gasteiger partial charge is 0.453 e. The highest BCUT2D eigenvalue weighted by Crippen LogP contribution is 2.24. The van der Waals surface area contributed by atoms with Gasteiger partial charge in [-0.15, -0.1) is 0 Å². The lowest BCUT2D eigenvalue weighted by atomic mass is 9.93. The van der Waals surface area contributed by atoms with Crippen LogP contribution in [0.4, 0.5) is 0 Å². The number of nitrogens with two attached hydrogens (primary N) is 5. The Kier molecular flexibility index (Phi) is 34.6. The summed E-state index contributed by atoms with van der Waals surface area (Å²) < 4.78 is 5.69. The van der Waals surface area contributed by atoms with Gasteiger partial charge in [-0.05, 0) is 67.2 Å². The molecule has 33 nitrogen and oxygen atoms in total. The number of rotatable bonds is 41. The first-order valence-corrected chi connectivity index (χ1v) is 34.9. The number of aliphatic hydroxyl groups excluding tert-OH is 4. The van der Waals surface area contributed by atoms with Gasteiger partial charge < -0.3 is 102 Å². The predicted octanol–water partition coefficient (Wildman–Crippen LogP) is -4.93. The fraction of sp³-hybridized carbons (Fsp3) is 0.607. The van der Waals surface area contributed by atoms with E-state index in [4.69, 9.17) is 33.4 Å². The number of nitrogens with zero attached hydrogens (tertiary/aromatic N) is 2. The molecule has 0 radical (unpaired) electrons. The zero-order valence-corrected chi connectivity index (χ0v) is 56.8. The van der Waals surface area contributed by atoms with E-state index >= 15 is 0 Å². The molecule has 0 aliphatic carbocycles. The molecule has 0 bridgehead atoms. The number of carbonyl (C=O) groups is 12. The number of esters is 1. The van der Waals surface area contributed by atoms with E-state index in [2.05, 4.69) is 47.2 Å². The maximum absolute atomic E-state index is 14.2. The zero-order chi connectivity index (χ0) is 72.2. The van der Waals surface area contributed by atoms with Crippen LogP contribution in [0.1, 0.15) is 98.3 Å². The topological polar surface area (TPSA) is 559 Å². The number of hydrogen-bond acceptors (Lipinski definition) is 20. The molecule has 1 aromatic carbocycles. The Morgan fingerprint density at radius 2 is 1.18 bits per heavy atom. The van der Waals surface area contributed by atoms with Crippen molar-refractivity contribution in [2.24, 2.45) is 57.3 Å². The van der Waals surface area contributed by atoms with Crippen LogP contribution in [0.3, 0.4) is 0 Å². The fourth-order valence-corrected chi connectivity index (χ4v) is 11.0. The van der Waals surface area contributed by atoms with Crippen molar-refractivity contribution >= 4 is 85.0 Å². The first-order chi connectivity index (χ1) is 44.3. The second-order valence-corrected chi connectivity index (χ2v) is 30.9. The van der Waals surface area contributed by atoms with Gasteiger partial charge in [-0.25, -0.2) is 4.79 Å². The fourth-order valence-electron chi connectivity index (χ4n) is 9.51. The van der Waals surface area contributed by atoms with Crippen molar-refractivity contribution in [2.75, 3.05) is 19.7 Å². The van der Waals surface area contributed by atoms with Gasteiger partial charge in [0.05, 0.1) is 37.3 Å². The van der Waals surface area contributed by atoms with Gasteiger partial charge in [0.15, 0.2) is 24.2 Å². The molecule has 0 aliphatic heterocycles. The summed E-state index contributed by atoms with van der Waals surface area (Å²) in [6, 6.07) is -3.88. The number of aromatic nitrogens is 1. The van der Waals surface area contributed by atoms with Crippen molar-refractivity contribution in [1.29, 1.82) is 0 Å². The Bertz CT molecular complexity index is 2940. The maximum atomic E-state index is 14.2. The summed E-state index contributed by atoms with van der Waals surface area (Å²) in [5.74, 6) is -15.6. The molecule has 0 saturated heterocycles. The highest BCUT2D eigenvalue weighted by Gasteiger charge is 2.41. The molecule has 0 saturated carbocycles. The number of aliphatic hydroxyl groups is 4. The van der Waals surface area contributed by atoms with E-state index in [1.54, 1.807) is 59.7 Å². The SMILES string of the molecule is CC[C@H](C)[C@H](NC(=O)[C@@H](CCCN=C(N)N)NC(=O)[C@H](CC(C)C)NC(=O)[C@@H](C)[C@H](O)C(C)C)C(=O)NC(C(=O)NCC(=O)N[C@H](C(=O)N[C@@H](CO)C(=O)O[C@H](c1ccccc1)[C@H](NC(=O)[C@H](Cc1cccnc1)NC(=O)[C@H](N)C[Si](C)(C)C)C(N)=O)[C@H](O)C(N)=O)[C@H](C)O. The Labute approximate surface area is 553 Å². The molecular formula is C61H100N16O17Si. The normalized spacial score (nSPS) is 16.2. The number of aliphatic imine (C=N–C) groups is 1. The van der Waals surface area contributed by atoms with Crippen molar-refractivity contribution in [3.05, 3.63) is 66.0 Å². The summed E-state index contributed by atoms with van der Waals surface area (Å²) in [5, 5.41) is 64.2. The van der Waals surface area contributed by atoms with Crippen LogP contribution in [-0.4, -0.2) is 203 Å². The average Bonchev–Trinajstić information content (AvgIpc) is 0.855. The van der Waals surface area contributed by atoms with E-state index < -0.39 is 183 Å². The Hall–Kier alpha value is -8.70. The van der Waals surface area contributed by atoms with E-state index in [1.165, 1.54) is 43.6 Å². The van der Waals surface area contributed by atoms with Crippen LogP contribution in [0.2, 0.25) is 25.7 Å². The summed E-state index contributed by atoms with van der Waals surface area (Å²) in [4.78, 5) is 172. The highest BCUT2D eigenvalue weighted by atomic mass is 28.3. The minimum atomic E-state index is -2.56. The van der Waals surface area contributed by atoms with Gasteiger partial charge in [-0.1, -0.05) is 111 Å². The quantitative estimate of drug-likeness (QED) is 0.00975. The summed E-state index contributed by atoms with van der Waals surface area (Å²) >= 11 is 0. The van der Waals surface area contributed by atoms with Crippen LogP contribution in [0.25, 0.3) is 0 Å². The molecule has 15 atom stereocenters. The third-order valence-corrected chi connectivity index (χ3v) is 16.7. The van der Waals surface area contributed by atoms with E-state index in [0.29, 0.717) is 11.6 Å². The summed E-state index contributed by atoms with van der Waals surface area (Å²) in [6.45, 7) is 16.6. The molecule has 34 heteroatoms. The van der Waals surface area contributed by atoms with Gasteiger partial charge in [0, 0.05) is 33.4 Å². The van der Waals surface area contributed by atoms with Crippen molar-refractivity contribution in [2.45, 2.75) is 192 Å². The Morgan fingerprint density at radius 3 is 1.71 bits per heavy atom. The Balaban J connectivity index is 2.39. The van der Waals surface area contributed by atoms with Crippen LogP contribution < -0.4 is 76.5 Å². The maximum Gasteiger partial charge on any atom is 0.331 e. The van der Waals surface area contributed by atoms with Crippen molar-refractivity contribution in [1.82, 2.24) is 52.8 Å². The first-order valence-electron chi connectivity index (χ1n) is 31.2. The van der Waals surface area contributed by atoms with E-state index in [9.17, 15) is 78.0 Å². The molecule has 1 unspecified atom stereocenters. The Morgan fingerprint density at radius 1 is 0.621 bits per heavy atom. The van der Waals surface area contributed by atoms with Crippen molar-refractivity contribution < 1.29 is 82.7 Å². The zero-order valence-electron chi connectivity index (χ0n) is 55.8. The molecule has 1 aromatic heterocycles. The molecule has 11 amide bonds. The smallest absolute Gasteiger partial charge is 0.331 e. The van der Waals surface area contributed by atoms with E-state index in [-0.39, 0.29) is 62.0 Å². The number of nitrogens with one attached hydrogen (secondary N) is 9. The molecule has 530 valence electrons. The number of benzene rings is 1.